The maximum Gasteiger partial charge on any atom is 0.164 e. The Bertz CT molecular complexity index is 419. The molecule has 0 aromatic carbocycles. The average molecular weight is 262 g/mol. The van der Waals surface area contributed by atoms with Crippen LogP contribution in [0.5, 0.6) is 0 Å². The maximum atomic E-state index is 12.6. The summed E-state index contributed by atoms with van der Waals surface area (Å²) < 4.78 is 0. The highest BCUT2D eigenvalue weighted by Crippen LogP contribution is 2.50. The Balaban J connectivity index is 2.35. The van der Waals surface area contributed by atoms with E-state index in [0.29, 0.717) is 17.6 Å². The fourth-order valence-electron chi connectivity index (χ4n) is 2.96. The second-order valence-electron chi connectivity index (χ2n) is 7.78. The van der Waals surface area contributed by atoms with Crippen LogP contribution in [0.3, 0.4) is 0 Å². The van der Waals surface area contributed by atoms with Crippen LogP contribution < -0.4 is 0 Å². The van der Waals surface area contributed by atoms with Crippen LogP contribution in [-0.4, -0.2) is 13.9 Å². The predicted octanol–water partition coefficient (Wildman–Crippen LogP) is 4.37. The van der Waals surface area contributed by atoms with Crippen molar-refractivity contribution in [3.63, 3.8) is 0 Å². The fourth-order valence-corrected chi connectivity index (χ4v) is 4.23. The summed E-state index contributed by atoms with van der Waals surface area (Å²) in [5.41, 5.74) is 4.56. The first kappa shape index (κ1) is 13.8. The quantitative estimate of drug-likeness (QED) is 0.419. The Labute approximate surface area is 112 Å². The number of allylic oxidation sites excluding steroid dienone is 2. The first-order valence-corrected chi connectivity index (χ1v) is 10.7. The van der Waals surface area contributed by atoms with Gasteiger partial charge in [0.1, 0.15) is 0 Å². The molecule has 2 aliphatic carbocycles. The molecule has 0 N–H and O–H groups in total. The van der Waals surface area contributed by atoms with Crippen molar-refractivity contribution in [3.8, 4) is 0 Å². The molecule has 0 spiro atoms. The Morgan fingerprint density at radius 1 is 1.33 bits per heavy atom. The van der Waals surface area contributed by atoms with E-state index in [9.17, 15) is 4.79 Å². The highest BCUT2D eigenvalue weighted by Gasteiger charge is 2.46. The van der Waals surface area contributed by atoms with Gasteiger partial charge in [0, 0.05) is 11.3 Å². The predicted molar refractivity (Wildman–Crippen MR) is 80.2 cm³/mol. The number of hydrogen-bond acceptors (Lipinski definition) is 1. The Morgan fingerprint density at radius 2 is 1.89 bits per heavy atom. The number of carbonyl (C=O) groups is 1. The molecule has 2 rings (SSSR count). The van der Waals surface area contributed by atoms with E-state index in [4.69, 9.17) is 0 Å². The molecule has 0 aromatic heterocycles. The summed E-state index contributed by atoms with van der Waals surface area (Å²) in [7, 11) is -1.35. The van der Waals surface area contributed by atoms with Gasteiger partial charge >= 0.3 is 0 Å². The van der Waals surface area contributed by atoms with Crippen molar-refractivity contribution in [2.75, 3.05) is 0 Å². The van der Waals surface area contributed by atoms with Crippen molar-refractivity contribution in [1.29, 1.82) is 0 Å². The van der Waals surface area contributed by atoms with E-state index in [2.05, 4.69) is 45.8 Å². The molecule has 0 amide bonds. The van der Waals surface area contributed by atoms with Crippen LogP contribution >= 0.6 is 0 Å². The van der Waals surface area contributed by atoms with Crippen LogP contribution in [0.1, 0.15) is 33.1 Å². The molecule has 0 radical (unpaired) electrons. The molecule has 100 valence electrons. The average Bonchev–Trinajstić information content (AvgIpc) is 3.00. The monoisotopic (exact) mass is 262 g/mol. The lowest BCUT2D eigenvalue weighted by molar-refractivity contribution is -0.121. The summed E-state index contributed by atoms with van der Waals surface area (Å²) >= 11 is 0. The lowest BCUT2D eigenvalue weighted by Crippen LogP contribution is -2.22. The Hall–Kier alpha value is -0.633. The number of Topliss-reactive ketones (excluding diaryl/α,β-unsaturated/α-hetero) is 1. The Morgan fingerprint density at radius 3 is 2.33 bits per heavy atom. The van der Waals surface area contributed by atoms with Crippen molar-refractivity contribution in [2.45, 2.75) is 52.8 Å². The molecule has 2 aliphatic rings. The number of rotatable bonds is 3. The molecular weight excluding hydrogens is 236 g/mol. The third-order valence-corrected chi connectivity index (χ3v) is 5.28. The molecule has 0 aromatic rings. The fraction of sp³-hybridized carbons (Fsp3) is 0.688. The summed E-state index contributed by atoms with van der Waals surface area (Å²) in [4.78, 5) is 12.6. The van der Waals surface area contributed by atoms with Gasteiger partial charge in [-0.2, -0.15) is 0 Å². The van der Waals surface area contributed by atoms with Crippen LogP contribution in [0, 0.1) is 17.3 Å². The van der Waals surface area contributed by atoms with E-state index in [1.54, 1.807) is 0 Å². The number of carbonyl (C=O) groups excluding carboxylic acids is 1. The number of hydrogen-bond donors (Lipinski definition) is 0. The van der Waals surface area contributed by atoms with E-state index in [0.717, 1.165) is 12.0 Å². The first-order chi connectivity index (χ1) is 8.12. The van der Waals surface area contributed by atoms with E-state index < -0.39 is 8.07 Å². The Kier molecular flexibility index (Phi) is 3.21. The lowest BCUT2D eigenvalue weighted by atomic mass is 9.87. The molecule has 2 fully saturated rings. The van der Waals surface area contributed by atoms with Gasteiger partial charge in [-0.1, -0.05) is 51.3 Å². The van der Waals surface area contributed by atoms with Gasteiger partial charge in [0.25, 0.3) is 0 Å². The molecule has 2 saturated carbocycles. The van der Waals surface area contributed by atoms with Crippen molar-refractivity contribution >= 4 is 13.9 Å². The number of ketones is 1. The van der Waals surface area contributed by atoms with Gasteiger partial charge in [-0.25, -0.2) is 0 Å². The van der Waals surface area contributed by atoms with Crippen LogP contribution in [0.2, 0.25) is 19.6 Å². The summed E-state index contributed by atoms with van der Waals surface area (Å²) in [5, 5.41) is 0. The minimum absolute atomic E-state index is 0.187. The van der Waals surface area contributed by atoms with Crippen molar-refractivity contribution in [1.82, 2.24) is 0 Å². The zero-order chi connectivity index (χ0) is 13.7. The molecule has 1 atom stereocenters. The van der Waals surface area contributed by atoms with Crippen LogP contribution in [-0.2, 0) is 4.79 Å². The zero-order valence-electron chi connectivity index (χ0n) is 12.5. The van der Waals surface area contributed by atoms with Crippen molar-refractivity contribution in [2.24, 2.45) is 17.3 Å². The lowest BCUT2D eigenvalue weighted by Gasteiger charge is -2.18. The van der Waals surface area contributed by atoms with Gasteiger partial charge in [-0.15, -0.1) is 0 Å². The molecule has 0 bridgehead atoms. The first-order valence-electron chi connectivity index (χ1n) is 7.08. The van der Waals surface area contributed by atoms with Gasteiger partial charge in [-0.3, -0.25) is 4.79 Å². The van der Waals surface area contributed by atoms with E-state index >= 15 is 0 Å². The third kappa shape index (κ3) is 2.69. The van der Waals surface area contributed by atoms with Gasteiger partial charge in [0.05, 0.1) is 8.07 Å². The van der Waals surface area contributed by atoms with Crippen LogP contribution in [0.4, 0.5) is 0 Å². The summed E-state index contributed by atoms with van der Waals surface area (Å²) in [6.45, 7) is 15.4. The van der Waals surface area contributed by atoms with Crippen molar-refractivity contribution < 1.29 is 4.79 Å². The third-order valence-electron chi connectivity index (χ3n) is 4.10. The standard InChI is InChI=1S/C16H26OSi/c1-11(12-7-8-12)13-9-16(2,3)15(17)14(13)10-18(4,5)6/h10,12-13H,1,7-9H2,2-6H3/b14-10+. The van der Waals surface area contributed by atoms with E-state index in [1.807, 2.05) is 0 Å². The maximum absolute atomic E-state index is 12.6. The van der Waals surface area contributed by atoms with Gasteiger partial charge < -0.3 is 0 Å². The smallest absolute Gasteiger partial charge is 0.164 e. The minimum atomic E-state index is -1.35. The molecule has 18 heavy (non-hydrogen) atoms. The summed E-state index contributed by atoms with van der Waals surface area (Å²) in [5.74, 6) is 1.41. The highest BCUT2D eigenvalue weighted by atomic mass is 28.3. The molecule has 0 saturated heterocycles. The molecule has 1 unspecified atom stereocenters. The van der Waals surface area contributed by atoms with Crippen molar-refractivity contribution in [3.05, 3.63) is 23.4 Å². The molecule has 2 heteroatoms. The van der Waals surface area contributed by atoms with Crippen LogP contribution in [0.25, 0.3) is 0 Å². The van der Waals surface area contributed by atoms with Gasteiger partial charge in [0.15, 0.2) is 5.78 Å². The molecule has 1 nitrogen and oxygen atoms in total. The largest absolute Gasteiger partial charge is 0.294 e. The van der Waals surface area contributed by atoms with E-state index in [1.165, 1.54) is 18.4 Å². The second-order valence-corrected chi connectivity index (χ2v) is 12.8. The topological polar surface area (TPSA) is 17.1 Å². The highest BCUT2D eigenvalue weighted by molar-refractivity contribution is 6.81. The molecular formula is C16H26OSi. The SMILES string of the molecule is C=C(C1CC1)C1CC(C)(C)C(=O)/C1=C/[Si](C)(C)C. The summed E-state index contributed by atoms with van der Waals surface area (Å²) in [6, 6.07) is 0. The van der Waals surface area contributed by atoms with Gasteiger partial charge in [0.2, 0.25) is 0 Å². The molecule has 0 aliphatic heterocycles. The zero-order valence-corrected chi connectivity index (χ0v) is 13.5. The van der Waals surface area contributed by atoms with E-state index in [-0.39, 0.29) is 5.41 Å². The second kappa shape index (κ2) is 4.19. The minimum Gasteiger partial charge on any atom is -0.294 e. The van der Waals surface area contributed by atoms with Gasteiger partial charge in [-0.05, 0) is 30.8 Å². The van der Waals surface area contributed by atoms with Crippen LogP contribution in [0.15, 0.2) is 23.4 Å². The molecule has 0 heterocycles. The summed E-state index contributed by atoms with van der Waals surface area (Å²) in [6.07, 6.45) is 3.53. The normalized spacial score (nSPS) is 29.9.